The van der Waals surface area contributed by atoms with Crippen LogP contribution < -0.4 is 22.0 Å². The molecule has 0 unspecified atom stereocenters. The zero-order valence-electron chi connectivity index (χ0n) is 20.4. The zero-order chi connectivity index (χ0) is 27.8. The summed E-state index contributed by atoms with van der Waals surface area (Å²) in [7, 11) is 1.61. The maximum Gasteiger partial charge on any atom is 0.355 e. The molecule has 0 radical (unpaired) electrons. The molecule has 0 saturated heterocycles. The quantitative estimate of drug-likeness (QED) is 0.269. The summed E-state index contributed by atoms with van der Waals surface area (Å²) in [5, 5.41) is 10.9. The van der Waals surface area contributed by atoms with Gasteiger partial charge >= 0.3 is 11.4 Å². The Morgan fingerprint density at radius 2 is 1.77 bits per heavy atom. The second-order valence-electron chi connectivity index (χ2n) is 8.34. The highest BCUT2D eigenvalue weighted by atomic mass is 35.5. The topological polar surface area (TPSA) is 125 Å². The van der Waals surface area contributed by atoms with E-state index >= 15 is 0 Å². The third kappa shape index (κ3) is 5.35. The fraction of sp³-hybridized carbons (Fsp3) is 0.217. The normalized spacial score (nSPS) is 11.3. The summed E-state index contributed by atoms with van der Waals surface area (Å²) >= 11 is 7.81. The third-order valence-corrected chi connectivity index (χ3v) is 6.85. The number of thiazole rings is 1. The van der Waals surface area contributed by atoms with Gasteiger partial charge in [-0.05, 0) is 25.1 Å². The van der Waals surface area contributed by atoms with E-state index in [2.05, 4.69) is 30.7 Å². The van der Waals surface area contributed by atoms with Crippen molar-refractivity contribution in [2.75, 3.05) is 17.2 Å². The summed E-state index contributed by atoms with van der Waals surface area (Å²) in [6, 6.07) is 4.27. The van der Waals surface area contributed by atoms with Crippen LogP contribution in [-0.4, -0.2) is 40.4 Å². The van der Waals surface area contributed by atoms with Crippen LogP contribution in [0.25, 0.3) is 10.2 Å². The molecule has 3 aromatic heterocycles. The molecule has 2 N–H and O–H groups in total. The van der Waals surface area contributed by atoms with Crippen LogP contribution in [0.4, 0.5) is 29.9 Å². The smallest absolute Gasteiger partial charge is 0.355 e. The molecule has 0 saturated carbocycles. The number of nitrogens with zero attached hydrogens (tertiary/aromatic N) is 7. The molecule has 3 heterocycles. The van der Waals surface area contributed by atoms with E-state index in [9.17, 15) is 22.8 Å². The van der Waals surface area contributed by atoms with Gasteiger partial charge in [-0.2, -0.15) is 10.1 Å². The highest BCUT2D eigenvalue weighted by Gasteiger charge is 2.19. The van der Waals surface area contributed by atoms with Crippen LogP contribution in [0.2, 0.25) is 5.02 Å². The minimum absolute atomic E-state index is 0.153. The van der Waals surface area contributed by atoms with Gasteiger partial charge in [0.05, 0.1) is 34.0 Å². The lowest BCUT2D eigenvalue weighted by Crippen LogP contribution is -2.43. The second-order valence-corrected chi connectivity index (χ2v) is 9.78. The lowest BCUT2D eigenvalue weighted by molar-refractivity contribution is 0.485. The van der Waals surface area contributed by atoms with Gasteiger partial charge in [0.15, 0.2) is 22.6 Å². The number of rotatable bonds is 8. The fourth-order valence-electron chi connectivity index (χ4n) is 3.75. The Balaban J connectivity index is 1.62. The standard InChI is InChI=1S/C23H19ClF3N9O2S/c1-3-28-21-31-17-5-12(24)16(7-18(17)39-21)30-20-32-22(37)36(9-19-29-10-34(2)33-19)23(38)35(20)8-11-4-14(26)15(27)6-13(11)25/h4-7,10H,3,8-9H2,1-2H3,(H,28,31)(H,30,32,37). The Morgan fingerprint density at radius 3 is 2.49 bits per heavy atom. The van der Waals surface area contributed by atoms with Crippen LogP contribution >= 0.6 is 22.9 Å². The maximum atomic E-state index is 14.6. The van der Waals surface area contributed by atoms with Gasteiger partial charge in [-0.3, -0.25) is 9.25 Å². The summed E-state index contributed by atoms with van der Waals surface area (Å²) in [5.74, 6) is -3.91. The number of anilines is 3. The van der Waals surface area contributed by atoms with E-state index in [0.717, 1.165) is 13.8 Å². The predicted molar refractivity (Wildman–Crippen MR) is 140 cm³/mol. The highest BCUT2D eigenvalue weighted by Crippen LogP contribution is 2.34. The first-order chi connectivity index (χ1) is 18.6. The van der Waals surface area contributed by atoms with Crippen LogP contribution in [0.15, 0.2) is 40.2 Å². The first kappa shape index (κ1) is 26.4. The average molecular weight is 578 g/mol. The molecule has 5 rings (SSSR count). The van der Waals surface area contributed by atoms with E-state index in [0.29, 0.717) is 29.3 Å². The number of fused-ring (bicyclic) bond motifs is 1. The van der Waals surface area contributed by atoms with Crippen molar-refractivity contribution >= 4 is 49.9 Å². The molecule has 2 aromatic carbocycles. The molecule has 0 aliphatic carbocycles. The molecule has 0 bridgehead atoms. The van der Waals surface area contributed by atoms with Gasteiger partial charge in [0.2, 0.25) is 5.95 Å². The van der Waals surface area contributed by atoms with Crippen molar-refractivity contribution in [1.29, 1.82) is 0 Å². The maximum absolute atomic E-state index is 14.6. The number of benzene rings is 2. The molecule has 16 heteroatoms. The molecular formula is C23H19ClF3N9O2S. The third-order valence-electron chi connectivity index (χ3n) is 5.57. The SMILES string of the molecule is CCNc1nc2cc(Cl)c(Nc3nc(=O)n(Cc4ncn(C)n4)c(=O)n3Cc3cc(F)c(F)cc3F)cc2s1. The second kappa shape index (κ2) is 10.5. The monoisotopic (exact) mass is 577 g/mol. The Hall–Kier alpha value is -4.24. The summed E-state index contributed by atoms with van der Waals surface area (Å²) in [5.41, 5.74) is -1.30. The summed E-state index contributed by atoms with van der Waals surface area (Å²) in [4.78, 5) is 38.8. The number of hydrogen-bond acceptors (Lipinski definition) is 9. The lowest BCUT2D eigenvalue weighted by Gasteiger charge is -2.16. The van der Waals surface area contributed by atoms with E-state index in [-0.39, 0.29) is 34.6 Å². The van der Waals surface area contributed by atoms with Crippen molar-refractivity contribution in [2.45, 2.75) is 20.0 Å². The number of aromatic nitrogens is 7. The molecule has 0 aliphatic rings. The molecule has 0 fully saturated rings. The van der Waals surface area contributed by atoms with Gasteiger partial charge < -0.3 is 10.6 Å². The van der Waals surface area contributed by atoms with E-state index < -0.39 is 35.4 Å². The fourth-order valence-corrected chi connectivity index (χ4v) is 4.91. The lowest BCUT2D eigenvalue weighted by atomic mass is 10.2. The van der Waals surface area contributed by atoms with Crippen LogP contribution in [0, 0.1) is 17.5 Å². The molecule has 202 valence electrons. The van der Waals surface area contributed by atoms with Gasteiger partial charge in [0.1, 0.15) is 12.1 Å². The number of aryl methyl sites for hydroxylation is 1. The Kier molecular flexibility index (Phi) is 7.10. The highest BCUT2D eigenvalue weighted by molar-refractivity contribution is 7.22. The van der Waals surface area contributed by atoms with Gasteiger partial charge in [0.25, 0.3) is 0 Å². The molecule has 0 atom stereocenters. The van der Waals surface area contributed by atoms with E-state index in [1.165, 1.54) is 22.3 Å². The number of hydrogen-bond donors (Lipinski definition) is 2. The average Bonchev–Trinajstić information content (AvgIpc) is 3.47. The Morgan fingerprint density at radius 1 is 1.00 bits per heavy atom. The predicted octanol–water partition coefficient (Wildman–Crippen LogP) is 3.49. The van der Waals surface area contributed by atoms with Crippen LogP contribution in [0.3, 0.4) is 0 Å². The minimum atomic E-state index is -1.38. The molecule has 0 aliphatic heterocycles. The van der Waals surface area contributed by atoms with Crippen LogP contribution in [0.1, 0.15) is 18.3 Å². The molecule has 0 amide bonds. The summed E-state index contributed by atoms with van der Waals surface area (Å²) < 4.78 is 45.8. The van der Waals surface area contributed by atoms with Crippen LogP contribution in [0.5, 0.6) is 0 Å². The minimum Gasteiger partial charge on any atom is -0.362 e. The van der Waals surface area contributed by atoms with Gasteiger partial charge in [0, 0.05) is 25.2 Å². The molecule has 39 heavy (non-hydrogen) atoms. The Bertz CT molecular complexity index is 1830. The van der Waals surface area contributed by atoms with Crippen molar-refractivity contribution in [2.24, 2.45) is 7.05 Å². The van der Waals surface area contributed by atoms with Crippen molar-refractivity contribution in [3.63, 3.8) is 0 Å². The zero-order valence-corrected chi connectivity index (χ0v) is 21.9. The van der Waals surface area contributed by atoms with Crippen LogP contribution in [-0.2, 0) is 20.1 Å². The van der Waals surface area contributed by atoms with Gasteiger partial charge in [-0.25, -0.2) is 37.3 Å². The number of halogens is 4. The van der Waals surface area contributed by atoms with Crippen molar-refractivity contribution in [3.05, 3.63) is 85.4 Å². The van der Waals surface area contributed by atoms with E-state index in [1.807, 2.05) is 6.92 Å². The molecule has 11 nitrogen and oxygen atoms in total. The summed E-state index contributed by atoms with van der Waals surface area (Å²) in [6.07, 6.45) is 1.39. The first-order valence-corrected chi connectivity index (χ1v) is 12.6. The van der Waals surface area contributed by atoms with Gasteiger partial charge in [-0.15, -0.1) is 0 Å². The molecule has 0 spiro atoms. The molecular weight excluding hydrogens is 559 g/mol. The molecule has 5 aromatic rings. The van der Waals surface area contributed by atoms with Crippen molar-refractivity contribution in [1.82, 2.24) is 33.9 Å². The van der Waals surface area contributed by atoms with Crippen molar-refractivity contribution < 1.29 is 13.2 Å². The van der Waals surface area contributed by atoms with Crippen molar-refractivity contribution in [3.8, 4) is 0 Å². The Labute approximate surface area is 226 Å². The summed E-state index contributed by atoms with van der Waals surface area (Å²) in [6.45, 7) is 1.68. The number of nitrogens with one attached hydrogen (secondary N) is 2. The largest absolute Gasteiger partial charge is 0.362 e. The van der Waals surface area contributed by atoms with E-state index in [1.54, 1.807) is 19.2 Å². The van der Waals surface area contributed by atoms with Gasteiger partial charge in [-0.1, -0.05) is 22.9 Å². The first-order valence-electron chi connectivity index (χ1n) is 11.4. The van der Waals surface area contributed by atoms with E-state index in [4.69, 9.17) is 11.6 Å².